The summed E-state index contributed by atoms with van der Waals surface area (Å²) in [6, 6.07) is 1.75. The first kappa shape index (κ1) is 13.9. The molecule has 0 fully saturated rings. The molecule has 0 unspecified atom stereocenters. The fourth-order valence-corrected chi connectivity index (χ4v) is 3.59. The van der Waals surface area contributed by atoms with Gasteiger partial charge in [-0.3, -0.25) is 0 Å². The Kier molecular flexibility index (Phi) is 3.54. The van der Waals surface area contributed by atoms with Crippen LogP contribution in [0.25, 0.3) is 0 Å². The second-order valence-corrected chi connectivity index (χ2v) is 6.24. The molecule has 0 aliphatic rings. The average Bonchev–Trinajstić information content (AvgIpc) is 2.56. The molecule has 0 spiro atoms. The number of sulfonamides is 1. The Morgan fingerprint density at radius 3 is 2.32 bits per heavy atom. The van der Waals surface area contributed by atoms with Crippen LogP contribution in [-0.4, -0.2) is 33.4 Å². The molecule has 0 atom stereocenters. The molecule has 0 aliphatic heterocycles. The van der Waals surface area contributed by atoms with Crippen LogP contribution in [0.1, 0.15) is 11.4 Å². The molecule has 0 amide bonds. The fraction of sp³-hybridized carbons (Fsp3) is 0.333. The molecule has 0 aliphatic carbocycles. The van der Waals surface area contributed by atoms with E-state index in [9.17, 15) is 8.42 Å². The van der Waals surface area contributed by atoms with Gasteiger partial charge in [0.05, 0.1) is 0 Å². The van der Waals surface area contributed by atoms with Crippen LogP contribution >= 0.6 is 15.9 Å². The Hall–Kier alpha value is -1.55. The normalized spacial score (nSPS) is 11.6. The molecule has 2 rings (SSSR count). The molecule has 1 N–H and O–H groups in total. The van der Waals surface area contributed by atoms with Crippen molar-refractivity contribution < 1.29 is 8.42 Å². The lowest BCUT2D eigenvalue weighted by Crippen LogP contribution is -2.19. The van der Waals surface area contributed by atoms with Gasteiger partial charge in [-0.15, -0.1) is 5.10 Å². The van der Waals surface area contributed by atoms with Gasteiger partial charge >= 0.3 is 0 Å². The van der Waals surface area contributed by atoms with Crippen LogP contribution in [0.2, 0.25) is 0 Å². The smallest absolute Gasteiger partial charge is 0.246 e. The zero-order valence-corrected chi connectivity index (χ0v) is 12.8. The monoisotopic (exact) mass is 346 g/mol. The molecular weight excluding hydrogens is 336 g/mol. The molecule has 2 aromatic rings. The van der Waals surface area contributed by atoms with Crippen molar-refractivity contribution in [3.8, 4) is 0 Å². The number of anilines is 1. The van der Waals surface area contributed by atoms with Crippen molar-refractivity contribution in [3.63, 3.8) is 0 Å². The highest BCUT2D eigenvalue weighted by atomic mass is 79.9. The predicted octanol–water partition coefficient (Wildman–Crippen LogP) is 0.785. The molecule has 0 aromatic carbocycles. The highest BCUT2D eigenvalue weighted by Gasteiger charge is 2.25. The molecule has 2 aromatic heterocycles. The Balaban J connectivity index is 2.42. The van der Waals surface area contributed by atoms with Gasteiger partial charge in [-0.05, 0) is 35.8 Å². The molecule has 0 saturated carbocycles. The van der Waals surface area contributed by atoms with Crippen LogP contribution in [0.5, 0.6) is 0 Å². The van der Waals surface area contributed by atoms with Gasteiger partial charge < -0.3 is 0 Å². The van der Waals surface area contributed by atoms with Crippen LogP contribution in [0.15, 0.2) is 15.7 Å². The van der Waals surface area contributed by atoms with Gasteiger partial charge in [-0.25, -0.2) is 19.4 Å². The third-order valence-electron chi connectivity index (χ3n) is 2.20. The third kappa shape index (κ3) is 2.89. The summed E-state index contributed by atoms with van der Waals surface area (Å²) < 4.78 is 28.0. The van der Waals surface area contributed by atoms with Crippen LogP contribution in [-0.2, 0) is 17.1 Å². The van der Waals surface area contributed by atoms with Gasteiger partial charge in [0, 0.05) is 18.4 Å². The molecule has 8 nitrogen and oxygen atoms in total. The van der Waals surface area contributed by atoms with E-state index in [1.54, 1.807) is 19.9 Å². The summed E-state index contributed by atoms with van der Waals surface area (Å²) in [4.78, 5) is 8.04. The highest BCUT2D eigenvalue weighted by molar-refractivity contribution is 9.10. The summed E-state index contributed by atoms with van der Waals surface area (Å²) in [6.45, 7) is 3.52. The number of nitrogens with one attached hydrogen (secondary N) is 1. The summed E-state index contributed by atoms with van der Waals surface area (Å²) in [6.07, 6.45) is 0. The molecular formula is C9H11BrN6O2S. The first-order valence-electron chi connectivity index (χ1n) is 5.20. The van der Waals surface area contributed by atoms with Crippen LogP contribution < -0.4 is 4.72 Å². The van der Waals surface area contributed by atoms with E-state index in [1.165, 1.54) is 7.05 Å². The zero-order valence-electron chi connectivity index (χ0n) is 10.4. The molecule has 19 heavy (non-hydrogen) atoms. The number of halogens is 1. The van der Waals surface area contributed by atoms with E-state index in [1.807, 2.05) is 0 Å². The van der Waals surface area contributed by atoms with E-state index in [4.69, 9.17) is 0 Å². The van der Waals surface area contributed by atoms with Crippen molar-refractivity contribution in [2.45, 2.75) is 18.9 Å². The number of aromatic nitrogens is 5. The Morgan fingerprint density at radius 2 is 1.84 bits per heavy atom. The Labute approximate surface area is 118 Å². The van der Waals surface area contributed by atoms with Gasteiger partial charge in [-0.1, -0.05) is 5.21 Å². The van der Waals surface area contributed by atoms with E-state index >= 15 is 0 Å². The maximum atomic E-state index is 12.2. The second-order valence-electron chi connectivity index (χ2n) is 3.89. The van der Waals surface area contributed by atoms with E-state index < -0.39 is 10.0 Å². The van der Waals surface area contributed by atoms with Crippen molar-refractivity contribution in [1.82, 2.24) is 25.0 Å². The van der Waals surface area contributed by atoms with Gasteiger partial charge in [0.2, 0.25) is 11.0 Å². The lowest BCUT2D eigenvalue weighted by atomic mass is 10.4. The van der Waals surface area contributed by atoms with E-state index in [-0.39, 0.29) is 15.6 Å². The minimum absolute atomic E-state index is 0.0191. The molecule has 102 valence electrons. The van der Waals surface area contributed by atoms with Gasteiger partial charge in [0.15, 0.2) is 4.60 Å². The molecule has 0 saturated heterocycles. The first-order valence-corrected chi connectivity index (χ1v) is 7.47. The van der Waals surface area contributed by atoms with Crippen LogP contribution in [0, 0.1) is 13.8 Å². The first-order chi connectivity index (χ1) is 8.79. The summed E-state index contributed by atoms with van der Waals surface area (Å²) in [5, 5.41) is 7.16. The van der Waals surface area contributed by atoms with Crippen molar-refractivity contribution in [1.29, 1.82) is 0 Å². The zero-order chi connectivity index (χ0) is 14.2. The van der Waals surface area contributed by atoms with Gasteiger partial charge in [0.25, 0.3) is 10.0 Å². The van der Waals surface area contributed by atoms with Crippen LogP contribution in [0.3, 0.4) is 0 Å². The molecule has 10 heteroatoms. The van der Waals surface area contributed by atoms with Crippen molar-refractivity contribution in [3.05, 3.63) is 22.1 Å². The lowest BCUT2D eigenvalue weighted by Gasteiger charge is -2.07. The Morgan fingerprint density at radius 1 is 1.26 bits per heavy atom. The minimum Gasteiger partial charge on any atom is -0.246 e. The summed E-state index contributed by atoms with van der Waals surface area (Å²) >= 11 is 3.04. The molecule has 0 bridgehead atoms. The predicted molar refractivity (Wildman–Crippen MR) is 71.0 cm³/mol. The number of rotatable bonds is 3. The van der Waals surface area contributed by atoms with Crippen molar-refractivity contribution >= 4 is 31.9 Å². The van der Waals surface area contributed by atoms with E-state index in [2.05, 4.69) is 40.9 Å². The van der Waals surface area contributed by atoms with Crippen LogP contribution in [0.4, 0.5) is 5.95 Å². The SMILES string of the molecule is Cc1cc(C)nc(NS(=O)(=O)c2c(Br)nnn2C)n1. The summed E-state index contributed by atoms with van der Waals surface area (Å²) in [5.74, 6) is 0.0191. The second kappa shape index (κ2) is 4.85. The van der Waals surface area contributed by atoms with Gasteiger partial charge in [0.1, 0.15) is 0 Å². The number of aryl methyl sites for hydroxylation is 3. The summed E-state index contributed by atoms with van der Waals surface area (Å²) in [7, 11) is -2.37. The lowest BCUT2D eigenvalue weighted by molar-refractivity contribution is 0.578. The maximum absolute atomic E-state index is 12.2. The maximum Gasteiger partial charge on any atom is 0.284 e. The number of nitrogens with zero attached hydrogens (tertiary/aromatic N) is 5. The number of hydrogen-bond donors (Lipinski definition) is 1. The standard InChI is InChI=1S/C9H11BrN6O2S/c1-5-4-6(2)12-9(11-5)14-19(17,18)8-7(10)13-15-16(8)3/h4H,1-3H3,(H,11,12,14). The minimum atomic E-state index is -3.85. The Bertz CT molecular complexity index is 687. The topological polar surface area (TPSA) is 103 Å². The van der Waals surface area contributed by atoms with E-state index in [0.717, 1.165) is 4.68 Å². The quantitative estimate of drug-likeness (QED) is 0.880. The molecule has 2 heterocycles. The van der Waals surface area contributed by atoms with Crippen molar-refractivity contribution in [2.24, 2.45) is 7.05 Å². The largest absolute Gasteiger partial charge is 0.284 e. The van der Waals surface area contributed by atoms with Crippen molar-refractivity contribution in [2.75, 3.05) is 4.72 Å². The number of hydrogen-bond acceptors (Lipinski definition) is 6. The average molecular weight is 347 g/mol. The molecule has 0 radical (unpaired) electrons. The van der Waals surface area contributed by atoms with E-state index in [0.29, 0.717) is 11.4 Å². The highest BCUT2D eigenvalue weighted by Crippen LogP contribution is 2.20. The fourth-order valence-electron chi connectivity index (χ4n) is 1.55. The third-order valence-corrected chi connectivity index (χ3v) is 4.41. The van der Waals surface area contributed by atoms with Gasteiger partial charge in [-0.2, -0.15) is 8.42 Å². The summed E-state index contributed by atoms with van der Waals surface area (Å²) in [5.41, 5.74) is 1.35.